The van der Waals surface area contributed by atoms with E-state index in [0.717, 1.165) is 65.4 Å². The number of aromatic nitrogens is 4. The molecule has 0 saturated carbocycles. The first kappa shape index (κ1) is 18.1. The second kappa shape index (κ2) is 6.81. The van der Waals surface area contributed by atoms with Gasteiger partial charge in [-0.2, -0.15) is 0 Å². The molecule has 3 aromatic heterocycles. The molecule has 1 aromatic carbocycles. The highest BCUT2D eigenvalue weighted by molar-refractivity contribution is 5.83. The first-order valence-corrected chi connectivity index (χ1v) is 10.2. The minimum absolute atomic E-state index is 0.0542. The van der Waals surface area contributed by atoms with E-state index in [1.807, 2.05) is 31.2 Å². The maximum Gasteiger partial charge on any atom is 0.258 e. The second-order valence-electron chi connectivity index (χ2n) is 8.19. The Morgan fingerprint density at radius 3 is 2.59 bits per heavy atom. The Morgan fingerprint density at radius 2 is 1.79 bits per heavy atom. The van der Waals surface area contributed by atoms with Crippen molar-refractivity contribution in [3.63, 3.8) is 0 Å². The minimum Gasteiger partial charge on any atom is -0.310 e. The van der Waals surface area contributed by atoms with Crippen LogP contribution in [0.2, 0.25) is 0 Å². The lowest BCUT2D eigenvalue weighted by atomic mass is 9.96. The Bertz CT molecular complexity index is 1280. The molecule has 5 rings (SSSR count). The summed E-state index contributed by atoms with van der Waals surface area (Å²) in [6.07, 6.45) is 4.15. The van der Waals surface area contributed by atoms with Gasteiger partial charge < -0.3 is 14.3 Å². The molecule has 1 saturated heterocycles. The second-order valence-corrected chi connectivity index (χ2v) is 8.19. The Morgan fingerprint density at radius 1 is 1.03 bits per heavy atom. The zero-order chi connectivity index (χ0) is 20.1. The van der Waals surface area contributed by atoms with Crippen molar-refractivity contribution in [1.82, 2.24) is 24.3 Å². The molecular formula is C23H25N5O. The molecule has 1 fully saturated rings. The van der Waals surface area contributed by atoms with E-state index >= 15 is 0 Å². The quantitative estimate of drug-likeness (QED) is 0.570. The molecule has 6 heteroatoms. The van der Waals surface area contributed by atoms with Gasteiger partial charge in [-0.05, 0) is 82.2 Å². The minimum atomic E-state index is -0.0542. The number of piperidine rings is 1. The van der Waals surface area contributed by atoms with Crippen LogP contribution in [0.3, 0.4) is 0 Å². The number of rotatable bonds is 2. The van der Waals surface area contributed by atoms with Crippen molar-refractivity contribution in [1.29, 1.82) is 0 Å². The zero-order valence-electron chi connectivity index (χ0n) is 17.1. The van der Waals surface area contributed by atoms with Crippen LogP contribution < -0.4 is 5.56 Å². The van der Waals surface area contributed by atoms with Crippen molar-refractivity contribution >= 4 is 16.6 Å². The fourth-order valence-electron chi connectivity index (χ4n) is 4.26. The molecule has 0 amide bonds. The van der Waals surface area contributed by atoms with E-state index in [4.69, 9.17) is 4.98 Å². The highest BCUT2D eigenvalue weighted by Gasteiger charge is 2.21. The zero-order valence-corrected chi connectivity index (χ0v) is 17.1. The van der Waals surface area contributed by atoms with E-state index < -0.39 is 0 Å². The normalized spacial score (nSPS) is 16.1. The SMILES string of the molecule is Cc1nc2ccc(-c3ccc4nc(C5CCN(C)CC5)[nH]c(=O)c4c3)cn2c1C. The molecule has 0 bridgehead atoms. The molecule has 4 heterocycles. The number of benzene rings is 1. The standard InChI is InChI=1S/C23H25N5O/c1-14-15(2)28-13-18(5-7-21(28)24-14)17-4-6-20-19(12-17)23(29)26-22(25-20)16-8-10-27(3)11-9-16/h4-7,12-13,16H,8-11H2,1-3H3,(H,25,26,29). The molecule has 1 aliphatic rings. The number of fused-ring (bicyclic) bond motifs is 2. The van der Waals surface area contributed by atoms with Crippen molar-refractivity contribution in [3.05, 3.63) is 64.1 Å². The van der Waals surface area contributed by atoms with Crippen LogP contribution in [0.4, 0.5) is 0 Å². The Balaban J connectivity index is 1.55. The van der Waals surface area contributed by atoms with Gasteiger partial charge in [-0.3, -0.25) is 4.79 Å². The Hall–Kier alpha value is -2.99. The van der Waals surface area contributed by atoms with Crippen LogP contribution >= 0.6 is 0 Å². The van der Waals surface area contributed by atoms with Crippen LogP contribution in [-0.2, 0) is 0 Å². The summed E-state index contributed by atoms with van der Waals surface area (Å²) in [5.74, 6) is 1.16. The first-order valence-electron chi connectivity index (χ1n) is 10.2. The monoisotopic (exact) mass is 387 g/mol. The van der Waals surface area contributed by atoms with Crippen molar-refractivity contribution < 1.29 is 0 Å². The summed E-state index contributed by atoms with van der Waals surface area (Å²) >= 11 is 0. The number of pyridine rings is 1. The molecule has 0 spiro atoms. The third-order valence-corrected chi connectivity index (χ3v) is 6.26. The smallest absolute Gasteiger partial charge is 0.258 e. The van der Waals surface area contributed by atoms with E-state index in [2.05, 4.69) is 45.5 Å². The average Bonchev–Trinajstić information content (AvgIpc) is 3.01. The molecule has 0 unspecified atom stereocenters. The van der Waals surface area contributed by atoms with Crippen molar-refractivity contribution in [2.45, 2.75) is 32.6 Å². The highest BCUT2D eigenvalue weighted by atomic mass is 16.1. The molecule has 1 aliphatic heterocycles. The lowest BCUT2D eigenvalue weighted by molar-refractivity contribution is 0.251. The predicted octanol–water partition coefficient (Wildman–Crippen LogP) is 3.66. The maximum atomic E-state index is 12.8. The first-order chi connectivity index (χ1) is 14.0. The number of aryl methyl sites for hydroxylation is 2. The largest absolute Gasteiger partial charge is 0.310 e. The van der Waals surface area contributed by atoms with Crippen molar-refractivity contribution in [2.24, 2.45) is 0 Å². The summed E-state index contributed by atoms with van der Waals surface area (Å²) in [4.78, 5) is 27.6. The number of likely N-dealkylation sites (tertiary alicyclic amines) is 1. The van der Waals surface area contributed by atoms with E-state index in [9.17, 15) is 4.79 Å². The Labute approximate surface area is 169 Å². The van der Waals surface area contributed by atoms with Gasteiger partial charge in [0.1, 0.15) is 11.5 Å². The number of hydrogen-bond acceptors (Lipinski definition) is 4. The fourth-order valence-corrected chi connectivity index (χ4v) is 4.26. The molecule has 0 atom stereocenters. The van der Waals surface area contributed by atoms with Crippen LogP contribution in [0.15, 0.2) is 41.3 Å². The lowest BCUT2D eigenvalue weighted by Gasteiger charge is -2.28. The molecule has 148 valence electrons. The van der Waals surface area contributed by atoms with Gasteiger partial charge in [0, 0.05) is 17.8 Å². The fraction of sp³-hybridized carbons (Fsp3) is 0.348. The van der Waals surface area contributed by atoms with E-state index in [1.54, 1.807) is 0 Å². The number of H-pyrrole nitrogens is 1. The van der Waals surface area contributed by atoms with Crippen molar-refractivity contribution in [3.8, 4) is 11.1 Å². The van der Waals surface area contributed by atoms with Crippen LogP contribution in [0, 0.1) is 13.8 Å². The molecule has 29 heavy (non-hydrogen) atoms. The van der Waals surface area contributed by atoms with Crippen LogP contribution in [0.25, 0.3) is 27.7 Å². The maximum absolute atomic E-state index is 12.8. The van der Waals surface area contributed by atoms with Crippen LogP contribution in [0.1, 0.15) is 36.0 Å². The van der Waals surface area contributed by atoms with E-state index in [1.165, 1.54) is 0 Å². The van der Waals surface area contributed by atoms with Gasteiger partial charge >= 0.3 is 0 Å². The van der Waals surface area contributed by atoms with Gasteiger partial charge in [-0.1, -0.05) is 6.07 Å². The van der Waals surface area contributed by atoms with Gasteiger partial charge in [0.25, 0.3) is 5.56 Å². The van der Waals surface area contributed by atoms with Gasteiger partial charge in [0.05, 0.1) is 16.6 Å². The predicted molar refractivity (Wildman–Crippen MR) is 115 cm³/mol. The van der Waals surface area contributed by atoms with E-state index in [0.29, 0.717) is 11.3 Å². The van der Waals surface area contributed by atoms with Crippen LogP contribution in [0.5, 0.6) is 0 Å². The summed E-state index contributed by atoms with van der Waals surface area (Å²) < 4.78 is 2.10. The lowest BCUT2D eigenvalue weighted by Crippen LogP contribution is -2.30. The summed E-state index contributed by atoms with van der Waals surface area (Å²) in [6, 6.07) is 10.0. The summed E-state index contributed by atoms with van der Waals surface area (Å²) in [5.41, 5.74) is 5.87. The van der Waals surface area contributed by atoms with Gasteiger partial charge in [-0.15, -0.1) is 0 Å². The molecule has 6 nitrogen and oxygen atoms in total. The summed E-state index contributed by atoms with van der Waals surface area (Å²) in [5, 5.41) is 0.637. The number of nitrogens with one attached hydrogen (secondary N) is 1. The highest BCUT2D eigenvalue weighted by Crippen LogP contribution is 2.27. The van der Waals surface area contributed by atoms with Gasteiger partial charge in [0.15, 0.2) is 0 Å². The van der Waals surface area contributed by atoms with Crippen LogP contribution in [-0.4, -0.2) is 44.4 Å². The summed E-state index contributed by atoms with van der Waals surface area (Å²) in [6.45, 7) is 6.17. The van der Waals surface area contributed by atoms with E-state index in [-0.39, 0.29) is 5.56 Å². The number of aromatic amines is 1. The average molecular weight is 387 g/mol. The summed E-state index contributed by atoms with van der Waals surface area (Å²) in [7, 11) is 2.14. The molecule has 0 aliphatic carbocycles. The number of hydrogen-bond donors (Lipinski definition) is 1. The van der Waals surface area contributed by atoms with Gasteiger partial charge in [-0.25, -0.2) is 9.97 Å². The topological polar surface area (TPSA) is 66.3 Å². The third-order valence-electron chi connectivity index (χ3n) is 6.26. The van der Waals surface area contributed by atoms with Gasteiger partial charge in [0.2, 0.25) is 0 Å². The molecule has 1 N–H and O–H groups in total. The third kappa shape index (κ3) is 3.13. The number of imidazole rings is 1. The Kier molecular flexibility index (Phi) is 4.24. The molecular weight excluding hydrogens is 362 g/mol. The number of nitrogens with zero attached hydrogens (tertiary/aromatic N) is 4. The molecule has 0 radical (unpaired) electrons. The van der Waals surface area contributed by atoms with Crippen molar-refractivity contribution in [2.75, 3.05) is 20.1 Å². The molecule has 4 aromatic rings.